The Labute approximate surface area is 151 Å². The highest BCUT2D eigenvalue weighted by molar-refractivity contribution is 7.09. The average molecular weight is 355 g/mol. The number of piperidine rings is 1. The zero-order chi connectivity index (χ0) is 17.4. The summed E-state index contributed by atoms with van der Waals surface area (Å²) in [4.78, 5) is 30.2. The normalized spacial score (nSPS) is 19.4. The van der Waals surface area contributed by atoms with E-state index in [1.807, 2.05) is 35.7 Å². The first-order valence-corrected chi connectivity index (χ1v) is 9.52. The largest absolute Gasteiger partial charge is 0.358 e. The zero-order valence-corrected chi connectivity index (χ0v) is 15.0. The minimum Gasteiger partial charge on any atom is -0.358 e. The smallest absolute Gasteiger partial charge is 0.251 e. The van der Waals surface area contributed by atoms with Crippen LogP contribution in [-0.2, 0) is 11.3 Å². The highest BCUT2D eigenvalue weighted by atomic mass is 32.1. The van der Waals surface area contributed by atoms with Gasteiger partial charge in [0.15, 0.2) is 0 Å². The van der Waals surface area contributed by atoms with E-state index in [4.69, 9.17) is 0 Å². The van der Waals surface area contributed by atoms with Crippen LogP contribution < -0.4 is 15.1 Å². The van der Waals surface area contributed by atoms with E-state index in [0.29, 0.717) is 12.1 Å². The maximum absolute atomic E-state index is 12.7. The van der Waals surface area contributed by atoms with Gasteiger partial charge in [-0.3, -0.25) is 9.59 Å². The number of likely N-dealkylation sites (N-methyl/N-ethyl adjacent to an activating group) is 1. The van der Waals surface area contributed by atoms with E-state index in [0.717, 1.165) is 42.1 Å². The molecule has 2 amide bonds. The number of anilines is 2. The zero-order valence-electron chi connectivity index (χ0n) is 14.2. The number of hydrogen-bond acceptors (Lipinski definition) is 4. The molecule has 0 aliphatic carbocycles. The average Bonchev–Trinajstić information content (AvgIpc) is 3.17. The second kappa shape index (κ2) is 6.52. The minimum atomic E-state index is -0.113. The number of carbonyl (C=O) groups excluding carboxylic acids is 2. The first kappa shape index (κ1) is 16.1. The lowest BCUT2D eigenvalue weighted by atomic mass is 9.96. The van der Waals surface area contributed by atoms with Crippen molar-refractivity contribution in [1.82, 2.24) is 5.32 Å². The van der Waals surface area contributed by atoms with Crippen molar-refractivity contribution in [3.05, 3.63) is 46.2 Å². The number of carbonyl (C=O) groups is 2. The second-order valence-electron chi connectivity index (χ2n) is 6.57. The van der Waals surface area contributed by atoms with Crippen molar-refractivity contribution in [1.29, 1.82) is 0 Å². The molecule has 1 atom stereocenters. The van der Waals surface area contributed by atoms with Gasteiger partial charge in [-0.1, -0.05) is 6.07 Å². The number of nitrogens with one attached hydrogen (secondary N) is 1. The van der Waals surface area contributed by atoms with Crippen LogP contribution in [0.3, 0.4) is 0 Å². The molecular formula is C19H21N3O2S. The molecule has 6 heteroatoms. The van der Waals surface area contributed by atoms with E-state index in [-0.39, 0.29) is 17.9 Å². The van der Waals surface area contributed by atoms with E-state index >= 15 is 0 Å². The number of amides is 2. The second-order valence-corrected chi connectivity index (χ2v) is 7.60. The molecule has 0 radical (unpaired) electrons. The molecule has 2 aliphatic rings. The van der Waals surface area contributed by atoms with Crippen LogP contribution in [0.15, 0.2) is 35.7 Å². The Hall–Kier alpha value is -2.34. The van der Waals surface area contributed by atoms with Gasteiger partial charge in [-0.2, -0.15) is 0 Å². The number of thiophene rings is 1. The van der Waals surface area contributed by atoms with Crippen molar-refractivity contribution in [2.45, 2.75) is 31.8 Å². The molecule has 0 bridgehead atoms. The molecule has 4 rings (SSSR count). The van der Waals surface area contributed by atoms with E-state index < -0.39 is 0 Å². The summed E-state index contributed by atoms with van der Waals surface area (Å²) in [6.07, 6.45) is 3.11. The first-order chi connectivity index (χ1) is 12.1. The molecular weight excluding hydrogens is 334 g/mol. The van der Waals surface area contributed by atoms with Gasteiger partial charge in [-0.25, -0.2) is 0 Å². The van der Waals surface area contributed by atoms with Gasteiger partial charge in [-0.15, -0.1) is 11.3 Å². The molecule has 5 nitrogen and oxygen atoms in total. The number of benzene rings is 1. The van der Waals surface area contributed by atoms with Crippen molar-refractivity contribution < 1.29 is 9.59 Å². The molecule has 3 heterocycles. The van der Waals surface area contributed by atoms with E-state index in [2.05, 4.69) is 10.2 Å². The number of fused-ring (bicyclic) bond motifs is 3. The lowest BCUT2D eigenvalue weighted by molar-refractivity contribution is -0.120. The molecule has 2 aromatic rings. The summed E-state index contributed by atoms with van der Waals surface area (Å²) >= 11 is 1.62. The van der Waals surface area contributed by atoms with Crippen LogP contribution in [0.25, 0.3) is 0 Å². The fraction of sp³-hybridized carbons (Fsp3) is 0.368. The van der Waals surface area contributed by atoms with E-state index in [1.165, 1.54) is 0 Å². The molecule has 130 valence electrons. The van der Waals surface area contributed by atoms with Gasteiger partial charge in [0.2, 0.25) is 5.91 Å². The lowest BCUT2D eigenvalue weighted by Gasteiger charge is -2.44. The van der Waals surface area contributed by atoms with E-state index in [9.17, 15) is 9.59 Å². The molecule has 1 aromatic heterocycles. The van der Waals surface area contributed by atoms with Gasteiger partial charge in [0.25, 0.3) is 5.91 Å². The summed E-state index contributed by atoms with van der Waals surface area (Å²) in [7, 11) is 1.81. The fourth-order valence-corrected chi connectivity index (χ4v) is 4.32. The predicted octanol–water partition coefficient (Wildman–Crippen LogP) is 3.01. The van der Waals surface area contributed by atoms with Crippen LogP contribution in [0.5, 0.6) is 0 Å². The Morgan fingerprint density at radius 3 is 2.96 bits per heavy atom. The summed E-state index contributed by atoms with van der Waals surface area (Å²) in [5, 5.41) is 4.94. The standard InChI is InChI=1S/C19H21N3O2S/c1-21-17-11-13(18(23)20-12-14-5-4-10-25-14)7-8-15(17)22-9-3-2-6-16(22)19(21)24/h4-5,7-8,10-11,16H,2-3,6,9,12H2,1H3,(H,20,23)/t16-/m0/s1. The Bertz CT molecular complexity index is 803. The molecule has 25 heavy (non-hydrogen) atoms. The predicted molar refractivity (Wildman–Crippen MR) is 100 cm³/mol. The van der Waals surface area contributed by atoms with Crippen molar-refractivity contribution in [3.63, 3.8) is 0 Å². The van der Waals surface area contributed by atoms with Gasteiger partial charge < -0.3 is 15.1 Å². The molecule has 0 saturated carbocycles. The SMILES string of the molecule is CN1C(=O)[C@@H]2CCCCN2c2ccc(C(=O)NCc3cccs3)cc21. The van der Waals surface area contributed by atoms with Crippen molar-refractivity contribution in [2.24, 2.45) is 0 Å². The summed E-state index contributed by atoms with van der Waals surface area (Å²) in [6, 6.07) is 9.60. The van der Waals surface area contributed by atoms with Crippen LogP contribution in [0.4, 0.5) is 11.4 Å². The van der Waals surface area contributed by atoms with Crippen molar-refractivity contribution >= 4 is 34.5 Å². The summed E-state index contributed by atoms with van der Waals surface area (Å²) in [6.45, 7) is 1.43. The maximum Gasteiger partial charge on any atom is 0.251 e. The topological polar surface area (TPSA) is 52.7 Å². The van der Waals surface area contributed by atoms with Crippen LogP contribution in [0.1, 0.15) is 34.5 Å². The number of nitrogens with zero attached hydrogens (tertiary/aromatic N) is 2. The molecule has 2 aliphatic heterocycles. The van der Waals surface area contributed by atoms with Crippen LogP contribution in [-0.4, -0.2) is 31.4 Å². The Kier molecular flexibility index (Phi) is 4.21. The monoisotopic (exact) mass is 355 g/mol. The van der Waals surface area contributed by atoms with Gasteiger partial charge in [-0.05, 0) is 48.9 Å². The first-order valence-electron chi connectivity index (χ1n) is 8.64. The highest BCUT2D eigenvalue weighted by Crippen LogP contribution is 2.39. The summed E-state index contributed by atoms with van der Waals surface area (Å²) in [5.41, 5.74) is 2.47. The Morgan fingerprint density at radius 1 is 1.28 bits per heavy atom. The highest BCUT2D eigenvalue weighted by Gasteiger charge is 2.37. The molecule has 0 spiro atoms. The maximum atomic E-state index is 12.7. The number of hydrogen-bond donors (Lipinski definition) is 1. The molecule has 1 aromatic carbocycles. The number of rotatable bonds is 3. The van der Waals surface area contributed by atoms with Crippen molar-refractivity contribution in [2.75, 3.05) is 23.4 Å². The van der Waals surface area contributed by atoms with Crippen molar-refractivity contribution in [3.8, 4) is 0 Å². The Balaban J connectivity index is 1.58. The van der Waals surface area contributed by atoms with Crippen LogP contribution >= 0.6 is 11.3 Å². The van der Waals surface area contributed by atoms with E-state index in [1.54, 1.807) is 23.3 Å². The lowest BCUT2D eigenvalue weighted by Crippen LogP contribution is -2.54. The Morgan fingerprint density at radius 2 is 2.16 bits per heavy atom. The molecule has 1 fully saturated rings. The van der Waals surface area contributed by atoms with Crippen LogP contribution in [0, 0.1) is 0 Å². The van der Waals surface area contributed by atoms with Gasteiger partial charge >= 0.3 is 0 Å². The third-order valence-corrected chi connectivity index (χ3v) is 5.91. The van der Waals surface area contributed by atoms with Gasteiger partial charge in [0, 0.05) is 24.0 Å². The fourth-order valence-electron chi connectivity index (χ4n) is 3.68. The minimum absolute atomic E-state index is 0.0512. The quantitative estimate of drug-likeness (QED) is 0.921. The molecule has 0 unspecified atom stereocenters. The van der Waals surface area contributed by atoms with Gasteiger partial charge in [0.05, 0.1) is 17.9 Å². The summed E-state index contributed by atoms with van der Waals surface area (Å²) < 4.78 is 0. The third-order valence-electron chi connectivity index (χ3n) is 5.03. The third kappa shape index (κ3) is 2.91. The van der Waals surface area contributed by atoms with Gasteiger partial charge in [0.1, 0.15) is 6.04 Å². The summed E-state index contributed by atoms with van der Waals surface area (Å²) in [5.74, 6) is 0.0150. The molecule has 1 saturated heterocycles. The molecule has 1 N–H and O–H groups in total. The van der Waals surface area contributed by atoms with Crippen LogP contribution in [0.2, 0.25) is 0 Å².